The summed E-state index contributed by atoms with van der Waals surface area (Å²) in [6.07, 6.45) is 4.05. The van der Waals surface area contributed by atoms with Gasteiger partial charge in [-0.25, -0.2) is 4.79 Å². The molecule has 0 aromatic heterocycles. The molecule has 0 aromatic carbocycles. The minimum absolute atomic E-state index is 0.0523. The van der Waals surface area contributed by atoms with Crippen LogP contribution in [0.2, 0.25) is 0 Å². The third kappa shape index (κ3) is 3.59. The largest absolute Gasteiger partial charge is 0.481 e. The molecule has 108 valence electrons. The molecule has 0 radical (unpaired) electrons. The van der Waals surface area contributed by atoms with Crippen LogP contribution in [0.3, 0.4) is 0 Å². The molecular formula is C13H23N3O3. The Morgan fingerprint density at radius 1 is 1.21 bits per heavy atom. The normalized spacial score (nSPS) is 27.7. The van der Waals surface area contributed by atoms with Gasteiger partial charge in [0.1, 0.15) is 0 Å². The summed E-state index contributed by atoms with van der Waals surface area (Å²) in [4.78, 5) is 26.8. The Balaban J connectivity index is 1.80. The predicted molar refractivity (Wildman–Crippen MR) is 71.0 cm³/mol. The Hall–Kier alpha value is -1.30. The Morgan fingerprint density at radius 3 is 2.53 bits per heavy atom. The summed E-state index contributed by atoms with van der Waals surface area (Å²) in [5, 5.41) is 11.8. The van der Waals surface area contributed by atoms with Gasteiger partial charge in [0.2, 0.25) is 0 Å². The van der Waals surface area contributed by atoms with Crippen LogP contribution in [0.15, 0.2) is 0 Å². The molecule has 2 rings (SSSR count). The van der Waals surface area contributed by atoms with Crippen LogP contribution in [0.1, 0.15) is 32.1 Å². The predicted octanol–water partition coefficient (Wildman–Crippen LogP) is 0.729. The number of likely N-dealkylation sites (tertiary alicyclic amines) is 2. The zero-order chi connectivity index (χ0) is 13.8. The average Bonchev–Trinajstić information content (AvgIpc) is 2.95. The molecule has 6 heteroatoms. The van der Waals surface area contributed by atoms with Crippen LogP contribution in [0, 0.1) is 0 Å². The van der Waals surface area contributed by atoms with Gasteiger partial charge in [0, 0.05) is 25.2 Å². The van der Waals surface area contributed by atoms with Gasteiger partial charge in [-0.3, -0.25) is 4.79 Å². The molecule has 0 aliphatic carbocycles. The number of nitrogens with zero attached hydrogens (tertiary/aromatic N) is 2. The van der Waals surface area contributed by atoms with Gasteiger partial charge in [0.05, 0.1) is 6.42 Å². The number of rotatable bonds is 4. The van der Waals surface area contributed by atoms with Crippen molar-refractivity contribution >= 4 is 12.0 Å². The van der Waals surface area contributed by atoms with E-state index in [1.165, 1.54) is 6.42 Å². The molecule has 2 saturated heterocycles. The molecule has 2 amide bonds. The Kier molecular flexibility index (Phi) is 4.63. The highest BCUT2D eigenvalue weighted by Crippen LogP contribution is 2.20. The number of urea groups is 1. The molecular weight excluding hydrogens is 246 g/mol. The summed E-state index contributed by atoms with van der Waals surface area (Å²) < 4.78 is 0. The van der Waals surface area contributed by atoms with E-state index in [2.05, 4.69) is 17.3 Å². The number of carbonyl (C=O) groups is 2. The zero-order valence-corrected chi connectivity index (χ0v) is 11.5. The van der Waals surface area contributed by atoms with Crippen LogP contribution in [0.25, 0.3) is 0 Å². The number of carbonyl (C=O) groups excluding carboxylic acids is 1. The first-order valence-electron chi connectivity index (χ1n) is 7.04. The number of carboxylic acids is 1. The highest BCUT2D eigenvalue weighted by atomic mass is 16.4. The van der Waals surface area contributed by atoms with E-state index in [0.29, 0.717) is 19.1 Å². The highest BCUT2D eigenvalue weighted by Gasteiger charge is 2.31. The number of nitrogens with one attached hydrogen (secondary N) is 1. The molecule has 2 fully saturated rings. The van der Waals surface area contributed by atoms with Crippen LogP contribution in [0.4, 0.5) is 4.79 Å². The lowest BCUT2D eigenvalue weighted by Crippen LogP contribution is -2.47. The van der Waals surface area contributed by atoms with Gasteiger partial charge in [-0.05, 0) is 39.3 Å². The van der Waals surface area contributed by atoms with E-state index >= 15 is 0 Å². The number of carboxylic acid groups (broad SMARTS) is 1. The second-order valence-corrected chi connectivity index (χ2v) is 5.55. The number of aliphatic carboxylic acids is 1. The molecule has 2 heterocycles. The van der Waals surface area contributed by atoms with Crippen LogP contribution >= 0.6 is 0 Å². The van der Waals surface area contributed by atoms with Gasteiger partial charge in [0.15, 0.2) is 0 Å². The number of amides is 2. The van der Waals surface area contributed by atoms with E-state index in [1.54, 1.807) is 4.90 Å². The lowest BCUT2D eigenvalue weighted by molar-refractivity contribution is -0.137. The van der Waals surface area contributed by atoms with E-state index < -0.39 is 5.97 Å². The lowest BCUT2D eigenvalue weighted by Gasteiger charge is -2.26. The van der Waals surface area contributed by atoms with Gasteiger partial charge in [-0.2, -0.15) is 0 Å². The lowest BCUT2D eigenvalue weighted by atomic mass is 10.1. The van der Waals surface area contributed by atoms with E-state index in [-0.39, 0.29) is 18.5 Å². The van der Waals surface area contributed by atoms with Gasteiger partial charge < -0.3 is 20.2 Å². The van der Waals surface area contributed by atoms with Crippen molar-refractivity contribution in [2.45, 2.75) is 44.2 Å². The fourth-order valence-electron chi connectivity index (χ4n) is 3.06. The van der Waals surface area contributed by atoms with Crippen LogP contribution in [-0.4, -0.2) is 65.7 Å². The maximum atomic E-state index is 12.1. The second-order valence-electron chi connectivity index (χ2n) is 5.55. The average molecular weight is 269 g/mol. The number of hydrogen-bond donors (Lipinski definition) is 2. The van der Waals surface area contributed by atoms with E-state index in [0.717, 1.165) is 25.8 Å². The second kappa shape index (κ2) is 6.23. The van der Waals surface area contributed by atoms with Crippen molar-refractivity contribution in [3.05, 3.63) is 0 Å². The van der Waals surface area contributed by atoms with Crippen molar-refractivity contribution < 1.29 is 14.7 Å². The van der Waals surface area contributed by atoms with Crippen LogP contribution in [-0.2, 0) is 4.79 Å². The van der Waals surface area contributed by atoms with Gasteiger partial charge in [-0.1, -0.05) is 0 Å². The monoisotopic (exact) mass is 269 g/mol. The summed E-state index contributed by atoms with van der Waals surface area (Å²) in [5.41, 5.74) is 0. The Bertz CT molecular complexity index is 348. The first-order valence-corrected chi connectivity index (χ1v) is 7.04. The SMILES string of the molecule is CN1CCCC1CNC(=O)N1CCCC1CC(=O)O. The molecule has 2 N–H and O–H groups in total. The minimum Gasteiger partial charge on any atom is -0.481 e. The van der Waals surface area contributed by atoms with Crippen molar-refractivity contribution in [2.75, 3.05) is 26.7 Å². The molecule has 2 aliphatic rings. The zero-order valence-electron chi connectivity index (χ0n) is 11.5. The quantitative estimate of drug-likeness (QED) is 0.789. The van der Waals surface area contributed by atoms with Crippen molar-refractivity contribution in [3.8, 4) is 0 Å². The molecule has 0 spiro atoms. The summed E-state index contributed by atoms with van der Waals surface area (Å²) in [5.74, 6) is -0.833. The molecule has 6 nitrogen and oxygen atoms in total. The highest BCUT2D eigenvalue weighted by molar-refractivity contribution is 5.76. The molecule has 0 saturated carbocycles. The van der Waals surface area contributed by atoms with Crippen molar-refractivity contribution in [3.63, 3.8) is 0 Å². The number of likely N-dealkylation sites (N-methyl/N-ethyl adjacent to an activating group) is 1. The first-order chi connectivity index (χ1) is 9.08. The maximum absolute atomic E-state index is 12.1. The summed E-state index contributed by atoms with van der Waals surface area (Å²) in [6, 6.07) is 0.173. The minimum atomic E-state index is -0.833. The fraction of sp³-hybridized carbons (Fsp3) is 0.846. The van der Waals surface area contributed by atoms with Crippen molar-refractivity contribution in [2.24, 2.45) is 0 Å². The van der Waals surface area contributed by atoms with E-state index in [1.807, 2.05) is 0 Å². The Morgan fingerprint density at radius 2 is 1.89 bits per heavy atom. The van der Waals surface area contributed by atoms with E-state index in [9.17, 15) is 9.59 Å². The third-order valence-corrected chi connectivity index (χ3v) is 4.21. The van der Waals surface area contributed by atoms with Crippen molar-refractivity contribution in [1.29, 1.82) is 0 Å². The Labute approximate surface area is 113 Å². The summed E-state index contributed by atoms with van der Waals surface area (Å²) in [6.45, 7) is 2.42. The molecule has 2 aliphatic heterocycles. The van der Waals surface area contributed by atoms with Crippen LogP contribution < -0.4 is 5.32 Å². The fourth-order valence-corrected chi connectivity index (χ4v) is 3.06. The standard InChI is InChI=1S/C13H23N3O3/c1-15-6-2-5-11(15)9-14-13(19)16-7-3-4-10(16)8-12(17)18/h10-11H,2-9H2,1H3,(H,14,19)(H,17,18). The topological polar surface area (TPSA) is 72.9 Å². The van der Waals surface area contributed by atoms with Gasteiger partial charge >= 0.3 is 12.0 Å². The number of hydrogen-bond acceptors (Lipinski definition) is 3. The molecule has 0 bridgehead atoms. The maximum Gasteiger partial charge on any atom is 0.317 e. The smallest absolute Gasteiger partial charge is 0.317 e. The molecule has 2 atom stereocenters. The van der Waals surface area contributed by atoms with E-state index in [4.69, 9.17) is 5.11 Å². The molecule has 2 unspecified atom stereocenters. The third-order valence-electron chi connectivity index (χ3n) is 4.21. The summed E-state index contributed by atoms with van der Waals surface area (Å²) in [7, 11) is 2.08. The van der Waals surface area contributed by atoms with Crippen molar-refractivity contribution in [1.82, 2.24) is 15.1 Å². The van der Waals surface area contributed by atoms with Gasteiger partial charge in [0.25, 0.3) is 0 Å². The first kappa shape index (κ1) is 14.1. The molecule has 0 aromatic rings. The summed E-state index contributed by atoms with van der Waals surface area (Å²) >= 11 is 0. The van der Waals surface area contributed by atoms with Gasteiger partial charge in [-0.15, -0.1) is 0 Å². The molecule has 19 heavy (non-hydrogen) atoms. The van der Waals surface area contributed by atoms with Crippen LogP contribution in [0.5, 0.6) is 0 Å².